The zero-order valence-corrected chi connectivity index (χ0v) is 15.3. The summed E-state index contributed by atoms with van der Waals surface area (Å²) in [5, 5.41) is 0.559. The molecule has 26 heavy (non-hydrogen) atoms. The van der Waals surface area contributed by atoms with Crippen LogP contribution in [0.2, 0.25) is 5.02 Å². The quantitative estimate of drug-likeness (QED) is 0.726. The Morgan fingerprint density at radius 2 is 1.62 bits per heavy atom. The summed E-state index contributed by atoms with van der Waals surface area (Å²) in [5.74, 6) is -0.431. The van der Waals surface area contributed by atoms with E-state index in [-0.39, 0.29) is 4.90 Å². The van der Waals surface area contributed by atoms with Gasteiger partial charge in [0.05, 0.1) is 4.90 Å². The average molecular weight is 397 g/mol. The largest absolute Gasteiger partial charge is 0.479 e. The van der Waals surface area contributed by atoms with Gasteiger partial charge >= 0.3 is 0 Å². The second-order valence-electron chi connectivity index (χ2n) is 5.84. The Bertz CT molecular complexity index is 963. The number of ether oxygens (including phenoxy) is 1. The number of hydrogen-bond donors (Lipinski definition) is 0. The molecule has 0 saturated carbocycles. The molecule has 3 rings (SSSR count). The van der Waals surface area contributed by atoms with E-state index in [1.807, 2.05) is 0 Å². The van der Waals surface area contributed by atoms with Gasteiger partial charge in [0.2, 0.25) is 0 Å². The Morgan fingerprint density at radius 1 is 1.00 bits per heavy atom. The topological polar surface area (TPSA) is 43.4 Å². The van der Waals surface area contributed by atoms with E-state index in [9.17, 15) is 17.2 Å². The number of halogens is 3. The third-order valence-corrected chi connectivity index (χ3v) is 5.35. The molecule has 7 heteroatoms. The Kier molecular flexibility index (Phi) is 5.16. The number of hydrogen-bond acceptors (Lipinski definition) is 3. The van der Waals surface area contributed by atoms with E-state index in [1.54, 1.807) is 42.5 Å². The lowest BCUT2D eigenvalue weighted by Gasteiger charge is -2.27. The molecule has 0 N–H and O–H groups in total. The number of allylic oxidation sites excluding steroid dienone is 3. The van der Waals surface area contributed by atoms with E-state index in [2.05, 4.69) is 0 Å². The van der Waals surface area contributed by atoms with Crippen molar-refractivity contribution >= 4 is 27.0 Å². The van der Waals surface area contributed by atoms with Gasteiger partial charge in [-0.2, -0.15) is 0 Å². The first-order valence-electron chi connectivity index (χ1n) is 7.68. The molecule has 136 valence electrons. The van der Waals surface area contributed by atoms with E-state index in [4.69, 9.17) is 16.3 Å². The van der Waals surface area contributed by atoms with Crippen LogP contribution in [0.3, 0.4) is 0 Å². The van der Waals surface area contributed by atoms with Crippen LogP contribution in [0.1, 0.15) is 17.2 Å². The Hall–Kier alpha value is -2.18. The normalized spacial score (nSPS) is 17.5. The van der Waals surface area contributed by atoms with E-state index in [0.29, 0.717) is 16.2 Å². The van der Waals surface area contributed by atoms with Crippen LogP contribution in [0.5, 0.6) is 0 Å². The number of sulfone groups is 1. The lowest BCUT2D eigenvalue weighted by Crippen LogP contribution is -2.14. The fourth-order valence-corrected chi connectivity index (χ4v) is 3.41. The first-order valence-corrected chi connectivity index (χ1v) is 9.95. The maximum atomic E-state index is 13.1. The molecule has 1 unspecified atom stereocenters. The van der Waals surface area contributed by atoms with Crippen LogP contribution in [0.4, 0.5) is 8.78 Å². The van der Waals surface area contributed by atoms with E-state index >= 15 is 0 Å². The van der Waals surface area contributed by atoms with Gasteiger partial charge in [-0.3, -0.25) is 0 Å². The minimum Gasteiger partial charge on any atom is -0.479 e. The molecule has 0 aliphatic carbocycles. The standard InChI is InChI=1S/C19H15ClF2O3S/c1-26(23,24)15-8-4-13(5-9-15)18-16(10-11-17(25-18)19(21)22)12-2-6-14(20)7-3-12/h2-11,18-19H,1H3. The minimum absolute atomic E-state index is 0.152. The first-order chi connectivity index (χ1) is 12.3. The molecule has 0 fully saturated rings. The minimum atomic E-state index is -3.35. The van der Waals surface area contributed by atoms with Gasteiger partial charge in [0.15, 0.2) is 15.6 Å². The molecule has 1 atom stereocenters. The van der Waals surface area contributed by atoms with E-state index in [0.717, 1.165) is 11.8 Å². The van der Waals surface area contributed by atoms with Crippen LogP contribution >= 0.6 is 11.6 Å². The van der Waals surface area contributed by atoms with Crippen molar-refractivity contribution in [1.82, 2.24) is 0 Å². The lowest BCUT2D eigenvalue weighted by atomic mass is 9.93. The highest BCUT2D eigenvalue weighted by molar-refractivity contribution is 7.90. The molecule has 0 amide bonds. The average Bonchev–Trinajstić information content (AvgIpc) is 2.61. The van der Waals surface area contributed by atoms with Crippen molar-refractivity contribution in [3.63, 3.8) is 0 Å². The van der Waals surface area contributed by atoms with Crippen LogP contribution in [0.25, 0.3) is 5.57 Å². The van der Waals surface area contributed by atoms with Gasteiger partial charge in [-0.25, -0.2) is 17.2 Å². The van der Waals surface area contributed by atoms with Crippen LogP contribution in [0.15, 0.2) is 71.3 Å². The van der Waals surface area contributed by atoms with Crippen molar-refractivity contribution in [2.45, 2.75) is 17.4 Å². The van der Waals surface area contributed by atoms with E-state index < -0.39 is 28.1 Å². The van der Waals surface area contributed by atoms with Gasteiger partial charge in [-0.05, 0) is 41.5 Å². The van der Waals surface area contributed by atoms with Crippen molar-refractivity contribution in [3.05, 3.63) is 82.6 Å². The molecule has 3 nitrogen and oxygen atoms in total. The maximum absolute atomic E-state index is 13.1. The third-order valence-electron chi connectivity index (χ3n) is 3.97. The second-order valence-corrected chi connectivity index (χ2v) is 8.29. The summed E-state index contributed by atoms with van der Waals surface area (Å²) < 4.78 is 54.9. The molecule has 0 saturated heterocycles. The third kappa shape index (κ3) is 3.97. The summed E-state index contributed by atoms with van der Waals surface area (Å²) in [7, 11) is -3.35. The summed E-state index contributed by atoms with van der Waals surface area (Å²) in [6, 6.07) is 13.0. The summed E-state index contributed by atoms with van der Waals surface area (Å²) in [4.78, 5) is 0.152. The molecule has 1 aliphatic heterocycles. The molecule has 1 heterocycles. The van der Waals surface area contributed by atoms with Crippen molar-refractivity contribution in [2.75, 3.05) is 6.26 Å². The van der Waals surface area contributed by atoms with Crippen molar-refractivity contribution in [3.8, 4) is 0 Å². The summed E-state index contributed by atoms with van der Waals surface area (Å²) in [6.45, 7) is 0. The smallest absolute Gasteiger partial charge is 0.294 e. The van der Waals surface area contributed by atoms with Gasteiger partial charge in [-0.15, -0.1) is 0 Å². The van der Waals surface area contributed by atoms with Gasteiger partial charge in [-0.1, -0.05) is 41.9 Å². The predicted molar refractivity (Wildman–Crippen MR) is 96.9 cm³/mol. The van der Waals surface area contributed by atoms with Crippen molar-refractivity contribution in [2.24, 2.45) is 0 Å². The molecule has 2 aromatic rings. The number of rotatable bonds is 4. The van der Waals surface area contributed by atoms with Crippen molar-refractivity contribution in [1.29, 1.82) is 0 Å². The highest BCUT2D eigenvalue weighted by Crippen LogP contribution is 2.39. The fraction of sp³-hybridized carbons (Fsp3) is 0.158. The van der Waals surface area contributed by atoms with Gasteiger partial charge in [0.1, 0.15) is 6.10 Å². The Balaban J connectivity index is 2.03. The van der Waals surface area contributed by atoms with Crippen LogP contribution < -0.4 is 0 Å². The number of alkyl halides is 2. The molecule has 0 radical (unpaired) electrons. The predicted octanol–water partition coefficient (Wildman–Crippen LogP) is 5.05. The highest BCUT2D eigenvalue weighted by Gasteiger charge is 2.27. The summed E-state index contributed by atoms with van der Waals surface area (Å²) in [5.41, 5.74) is 2.03. The molecule has 0 aromatic heterocycles. The van der Waals surface area contributed by atoms with Crippen LogP contribution in [0, 0.1) is 0 Å². The Morgan fingerprint density at radius 3 is 2.15 bits per heavy atom. The maximum Gasteiger partial charge on any atom is 0.294 e. The molecular weight excluding hydrogens is 382 g/mol. The SMILES string of the molecule is CS(=O)(=O)c1ccc(C2OC(C(F)F)=CC=C2c2ccc(Cl)cc2)cc1. The highest BCUT2D eigenvalue weighted by atomic mass is 35.5. The molecule has 2 aromatic carbocycles. The van der Waals surface area contributed by atoms with Gasteiger partial charge < -0.3 is 4.74 Å². The first kappa shape index (κ1) is 18.6. The molecule has 0 spiro atoms. The molecular formula is C19H15ClF2O3S. The molecule has 0 bridgehead atoms. The molecule has 1 aliphatic rings. The van der Waals surface area contributed by atoms with Crippen LogP contribution in [-0.4, -0.2) is 21.1 Å². The zero-order valence-electron chi connectivity index (χ0n) is 13.7. The summed E-state index contributed by atoms with van der Waals surface area (Å²) >= 11 is 5.91. The summed E-state index contributed by atoms with van der Waals surface area (Å²) in [6.07, 6.45) is 0.421. The Labute approximate surface area is 155 Å². The van der Waals surface area contributed by atoms with E-state index in [1.165, 1.54) is 18.2 Å². The number of benzene rings is 2. The fourth-order valence-electron chi connectivity index (χ4n) is 2.65. The monoisotopic (exact) mass is 396 g/mol. The van der Waals surface area contributed by atoms with Crippen molar-refractivity contribution < 1.29 is 21.9 Å². The van der Waals surface area contributed by atoms with Gasteiger partial charge in [0, 0.05) is 16.9 Å². The second kappa shape index (κ2) is 7.21. The van der Waals surface area contributed by atoms with Crippen LogP contribution in [-0.2, 0) is 14.6 Å². The zero-order chi connectivity index (χ0) is 18.9. The van der Waals surface area contributed by atoms with Gasteiger partial charge in [0.25, 0.3) is 6.43 Å². The lowest BCUT2D eigenvalue weighted by molar-refractivity contribution is 0.0588.